The molecule has 22 heavy (non-hydrogen) atoms. The minimum Gasteiger partial charge on any atom is -0.369 e. The lowest BCUT2D eigenvalue weighted by Crippen LogP contribution is -2.68. The van der Waals surface area contributed by atoms with Gasteiger partial charge in [-0.25, -0.2) is 0 Å². The van der Waals surface area contributed by atoms with E-state index in [4.69, 9.17) is 10.5 Å². The molecule has 2 heterocycles. The fourth-order valence-electron chi connectivity index (χ4n) is 4.57. The molecule has 2 fully saturated rings. The molecule has 0 bridgehead atoms. The molecule has 2 aliphatic heterocycles. The van der Waals surface area contributed by atoms with Gasteiger partial charge in [-0.05, 0) is 38.2 Å². The predicted octanol–water partition coefficient (Wildman–Crippen LogP) is 1.46. The number of rotatable bonds is 4. The van der Waals surface area contributed by atoms with Gasteiger partial charge in [-0.15, -0.1) is 0 Å². The molecule has 0 saturated carbocycles. The van der Waals surface area contributed by atoms with Crippen molar-refractivity contribution in [1.82, 2.24) is 9.80 Å². The number of amides is 1. The van der Waals surface area contributed by atoms with Gasteiger partial charge in [0.1, 0.15) is 11.9 Å². The molecule has 0 aromatic rings. The van der Waals surface area contributed by atoms with E-state index < -0.39 is 5.66 Å². The number of primary amides is 1. The van der Waals surface area contributed by atoms with Crippen LogP contribution < -0.4 is 5.73 Å². The second-order valence-corrected chi connectivity index (χ2v) is 6.56. The van der Waals surface area contributed by atoms with E-state index in [9.17, 15) is 4.79 Å². The molecule has 1 aliphatic carbocycles. The molecular formula is C17H27N3O2. The molecule has 5 nitrogen and oxygen atoms in total. The Morgan fingerprint density at radius 3 is 2.68 bits per heavy atom. The summed E-state index contributed by atoms with van der Waals surface area (Å²) in [4.78, 5) is 17.1. The number of nitrogens with zero attached hydrogens (tertiary/aromatic N) is 2. The van der Waals surface area contributed by atoms with E-state index in [0.29, 0.717) is 0 Å². The summed E-state index contributed by atoms with van der Waals surface area (Å²) in [6.07, 6.45) is 10.6. The van der Waals surface area contributed by atoms with Gasteiger partial charge in [0.15, 0.2) is 0 Å². The predicted molar refractivity (Wildman–Crippen MR) is 85.9 cm³/mol. The summed E-state index contributed by atoms with van der Waals surface area (Å²) in [5.41, 5.74) is 6.56. The monoisotopic (exact) mass is 305 g/mol. The Hall–Kier alpha value is -1.17. The quantitative estimate of drug-likeness (QED) is 0.854. The van der Waals surface area contributed by atoms with Gasteiger partial charge in [-0.2, -0.15) is 0 Å². The molecule has 122 valence electrons. The van der Waals surface area contributed by atoms with Crippen molar-refractivity contribution < 1.29 is 9.53 Å². The average molecular weight is 305 g/mol. The number of methoxy groups -OCH3 is 1. The van der Waals surface area contributed by atoms with Crippen LogP contribution in [0.2, 0.25) is 0 Å². The van der Waals surface area contributed by atoms with Gasteiger partial charge in [0.25, 0.3) is 0 Å². The number of nitrogens with two attached hydrogens (primary N) is 1. The molecule has 0 aromatic carbocycles. The Morgan fingerprint density at radius 2 is 2.05 bits per heavy atom. The molecule has 5 heteroatoms. The van der Waals surface area contributed by atoms with Crippen molar-refractivity contribution in [3.63, 3.8) is 0 Å². The highest BCUT2D eigenvalue weighted by Gasteiger charge is 2.55. The van der Waals surface area contributed by atoms with E-state index in [-0.39, 0.29) is 18.1 Å². The van der Waals surface area contributed by atoms with E-state index in [1.165, 1.54) is 18.4 Å². The number of likely N-dealkylation sites (tertiary alicyclic amines) is 2. The highest BCUT2D eigenvalue weighted by atomic mass is 16.5. The first-order valence-electron chi connectivity index (χ1n) is 8.32. The number of ether oxygens (including phenoxy) is 1. The van der Waals surface area contributed by atoms with Crippen molar-refractivity contribution in [2.45, 2.75) is 44.5 Å². The van der Waals surface area contributed by atoms with Crippen molar-refractivity contribution in [3.8, 4) is 0 Å². The highest BCUT2D eigenvalue weighted by molar-refractivity contribution is 5.81. The standard InChI is InChI=1S/C17H27N3O2/c1-13-7-5-8-14(16(18)21)17(13,19-10-3-4-11-19)20-12-6-9-15(20)22-2/h5,7-8,14-15H,3-4,6,9-12H2,1-2H3,(H2,18,21). The molecule has 0 spiro atoms. The van der Waals surface area contributed by atoms with Gasteiger partial charge in [0.05, 0.1) is 5.92 Å². The van der Waals surface area contributed by atoms with Crippen molar-refractivity contribution in [2.75, 3.05) is 26.7 Å². The van der Waals surface area contributed by atoms with Crippen molar-refractivity contribution in [2.24, 2.45) is 11.7 Å². The molecule has 1 amide bonds. The van der Waals surface area contributed by atoms with Crippen LogP contribution in [0.15, 0.2) is 23.8 Å². The molecule has 0 aromatic heterocycles. The second-order valence-electron chi connectivity index (χ2n) is 6.56. The Morgan fingerprint density at radius 1 is 1.32 bits per heavy atom. The van der Waals surface area contributed by atoms with Crippen molar-refractivity contribution >= 4 is 5.91 Å². The number of hydrogen-bond acceptors (Lipinski definition) is 4. The van der Waals surface area contributed by atoms with Crippen LogP contribution in [-0.2, 0) is 9.53 Å². The zero-order valence-corrected chi connectivity index (χ0v) is 13.6. The van der Waals surface area contributed by atoms with Gasteiger partial charge < -0.3 is 10.5 Å². The van der Waals surface area contributed by atoms with Gasteiger partial charge >= 0.3 is 0 Å². The van der Waals surface area contributed by atoms with E-state index in [1.807, 2.05) is 12.2 Å². The largest absolute Gasteiger partial charge is 0.369 e. The van der Waals surface area contributed by atoms with E-state index in [2.05, 4.69) is 22.8 Å². The van der Waals surface area contributed by atoms with Gasteiger partial charge in [-0.1, -0.05) is 18.2 Å². The summed E-state index contributed by atoms with van der Waals surface area (Å²) in [7, 11) is 1.76. The summed E-state index contributed by atoms with van der Waals surface area (Å²) < 4.78 is 5.73. The summed E-state index contributed by atoms with van der Waals surface area (Å²) in [5, 5.41) is 0. The number of hydrogen-bond donors (Lipinski definition) is 1. The topological polar surface area (TPSA) is 58.8 Å². The molecule has 2 saturated heterocycles. The molecule has 0 radical (unpaired) electrons. The lowest BCUT2D eigenvalue weighted by molar-refractivity contribution is -0.147. The number of allylic oxidation sites excluding steroid dienone is 2. The van der Waals surface area contributed by atoms with Gasteiger partial charge in [-0.3, -0.25) is 14.6 Å². The third kappa shape index (κ3) is 2.23. The van der Waals surface area contributed by atoms with E-state index >= 15 is 0 Å². The maximum absolute atomic E-state index is 12.3. The second kappa shape index (κ2) is 6.14. The lowest BCUT2D eigenvalue weighted by Gasteiger charge is -2.54. The third-order valence-corrected chi connectivity index (χ3v) is 5.47. The summed E-state index contributed by atoms with van der Waals surface area (Å²) in [6, 6.07) is 0. The fourth-order valence-corrected chi connectivity index (χ4v) is 4.57. The average Bonchev–Trinajstić information content (AvgIpc) is 3.18. The van der Waals surface area contributed by atoms with Gasteiger partial charge in [0, 0.05) is 26.7 Å². The first kappa shape index (κ1) is 15.7. The summed E-state index contributed by atoms with van der Waals surface area (Å²) >= 11 is 0. The molecule has 3 rings (SSSR count). The SMILES string of the molecule is COC1CCCN1C1(N2CCCC2)C(C)=CC=CC1C(N)=O. The Balaban J connectivity index is 2.10. The summed E-state index contributed by atoms with van der Waals surface area (Å²) in [5.74, 6) is -0.580. The maximum atomic E-state index is 12.3. The number of carbonyl (C=O) groups excluding carboxylic acids is 1. The molecular weight excluding hydrogens is 278 g/mol. The minimum absolute atomic E-state index is 0.0531. The highest BCUT2D eigenvalue weighted by Crippen LogP contribution is 2.44. The lowest BCUT2D eigenvalue weighted by atomic mass is 9.79. The van der Waals surface area contributed by atoms with Crippen LogP contribution in [0.3, 0.4) is 0 Å². The zero-order valence-electron chi connectivity index (χ0n) is 13.6. The molecule has 3 atom stereocenters. The van der Waals surface area contributed by atoms with Crippen LogP contribution in [-0.4, -0.2) is 54.3 Å². The Kier molecular flexibility index (Phi) is 4.39. The fraction of sp³-hybridized carbons (Fsp3) is 0.706. The first-order valence-corrected chi connectivity index (χ1v) is 8.32. The maximum Gasteiger partial charge on any atom is 0.227 e. The van der Waals surface area contributed by atoms with Crippen LogP contribution >= 0.6 is 0 Å². The normalized spacial score (nSPS) is 36.7. The Bertz CT molecular complexity index is 496. The van der Waals surface area contributed by atoms with Crippen LogP contribution in [0.4, 0.5) is 0 Å². The van der Waals surface area contributed by atoms with Crippen molar-refractivity contribution in [3.05, 3.63) is 23.8 Å². The number of carbonyl (C=O) groups is 1. The Labute approximate surface area is 132 Å². The van der Waals surface area contributed by atoms with Crippen LogP contribution in [0.25, 0.3) is 0 Å². The molecule has 3 aliphatic rings. The first-order chi connectivity index (χ1) is 10.6. The zero-order chi connectivity index (χ0) is 15.7. The summed E-state index contributed by atoms with van der Waals surface area (Å²) in [6.45, 7) is 5.09. The smallest absolute Gasteiger partial charge is 0.227 e. The van der Waals surface area contributed by atoms with Gasteiger partial charge in [0.2, 0.25) is 5.91 Å². The van der Waals surface area contributed by atoms with Crippen LogP contribution in [0.1, 0.15) is 32.6 Å². The minimum atomic E-state index is -0.450. The van der Waals surface area contributed by atoms with Crippen molar-refractivity contribution in [1.29, 1.82) is 0 Å². The molecule has 3 unspecified atom stereocenters. The van der Waals surface area contributed by atoms with Crippen LogP contribution in [0.5, 0.6) is 0 Å². The third-order valence-electron chi connectivity index (χ3n) is 5.47. The van der Waals surface area contributed by atoms with E-state index in [0.717, 1.165) is 32.5 Å². The van der Waals surface area contributed by atoms with E-state index in [1.54, 1.807) is 7.11 Å². The molecule has 2 N–H and O–H groups in total. The van der Waals surface area contributed by atoms with Crippen LogP contribution in [0, 0.1) is 5.92 Å².